The van der Waals surface area contributed by atoms with Crippen LogP contribution in [0.5, 0.6) is 0 Å². The van der Waals surface area contributed by atoms with Gasteiger partial charge in [0, 0.05) is 36.7 Å². The maximum Gasteiger partial charge on any atom is 0.169 e. The van der Waals surface area contributed by atoms with Crippen LogP contribution in [0.1, 0.15) is 0 Å². The number of rotatable bonds is 4. The van der Waals surface area contributed by atoms with Gasteiger partial charge in [-0.05, 0) is 11.1 Å². The van der Waals surface area contributed by atoms with Crippen LogP contribution in [0.25, 0.3) is 50.4 Å². The summed E-state index contributed by atoms with van der Waals surface area (Å²) in [6.07, 6.45) is 3.00. The Labute approximate surface area is 204 Å². The summed E-state index contributed by atoms with van der Waals surface area (Å²) < 4.78 is 7.54. The van der Waals surface area contributed by atoms with Crippen LogP contribution in [0.2, 0.25) is 0 Å². The second-order valence-electron chi connectivity index (χ2n) is 7.35. The van der Waals surface area contributed by atoms with Gasteiger partial charge in [0.05, 0.1) is 17.1 Å². The van der Waals surface area contributed by atoms with E-state index in [2.05, 4.69) is 63.6 Å². The molecule has 0 aliphatic rings. The molecular weight excluding hydrogens is 589 g/mol. The van der Waals surface area contributed by atoms with Crippen LogP contribution in [-0.4, -0.2) is 19.7 Å². The summed E-state index contributed by atoms with van der Waals surface area (Å²) in [7, 11) is 0. The van der Waals surface area contributed by atoms with Crippen molar-refractivity contribution in [2.45, 2.75) is 0 Å². The fraction of sp³-hybridized carbons (Fsp3) is 0. The van der Waals surface area contributed by atoms with Gasteiger partial charge in [-0.15, -0.1) is 18.2 Å². The Morgan fingerprint density at radius 1 is 0.727 bits per heavy atom. The van der Waals surface area contributed by atoms with Crippen LogP contribution < -0.4 is 0 Å². The number of fused-ring (bicyclic) bond motifs is 1. The van der Waals surface area contributed by atoms with Crippen molar-refractivity contribution in [3.63, 3.8) is 0 Å². The Kier molecular flexibility index (Phi) is 5.69. The fourth-order valence-electron chi connectivity index (χ4n) is 4.04. The van der Waals surface area contributed by atoms with Gasteiger partial charge >= 0.3 is 0 Å². The Morgan fingerprint density at radius 3 is 2.06 bits per heavy atom. The molecule has 0 amide bonds. The molecule has 2 heterocycles. The zero-order chi connectivity index (χ0) is 21.3. The van der Waals surface area contributed by atoms with Gasteiger partial charge in [0.25, 0.3) is 0 Å². The predicted octanol–water partition coefficient (Wildman–Crippen LogP) is 6.21. The van der Waals surface area contributed by atoms with Crippen LogP contribution in [0, 0.1) is 6.07 Å². The molecule has 33 heavy (non-hydrogen) atoms. The summed E-state index contributed by atoms with van der Waals surface area (Å²) in [5, 5.41) is 4.65. The number of aromatic nitrogens is 4. The minimum atomic E-state index is 0. The third-order valence-electron chi connectivity index (χ3n) is 5.48. The Hall–Kier alpha value is -3.86. The first kappa shape index (κ1) is 21.0. The Balaban J connectivity index is 0.00000228. The summed E-state index contributed by atoms with van der Waals surface area (Å²) in [4.78, 5) is 8.87. The number of para-hydroxylation sites is 1. The van der Waals surface area contributed by atoms with E-state index in [1.807, 2.05) is 53.2 Å². The van der Waals surface area contributed by atoms with Gasteiger partial charge in [-0.3, -0.25) is 9.67 Å². The molecule has 6 aromatic rings. The van der Waals surface area contributed by atoms with Gasteiger partial charge < -0.3 is 4.42 Å². The monoisotopic (exact) mass is 606 g/mol. The van der Waals surface area contributed by atoms with Gasteiger partial charge in [-0.1, -0.05) is 84.4 Å². The van der Waals surface area contributed by atoms with Crippen molar-refractivity contribution in [3.05, 3.63) is 110 Å². The molecule has 0 spiro atoms. The molecule has 0 saturated carbocycles. The summed E-state index contributed by atoms with van der Waals surface area (Å²) >= 11 is 0. The second kappa shape index (κ2) is 8.94. The van der Waals surface area contributed by atoms with E-state index in [-0.39, 0.29) is 20.1 Å². The minimum absolute atomic E-state index is 0. The van der Waals surface area contributed by atoms with Crippen molar-refractivity contribution < 1.29 is 24.5 Å². The van der Waals surface area contributed by atoms with Crippen LogP contribution in [0.15, 0.2) is 108 Å². The van der Waals surface area contributed by atoms with Gasteiger partial charge in [0.15, 0.2) is 6.39 Å². The number of benzene rings is 4. The van der Waals surface area contributed by atoms with Crippen molar-refractivity contribution in [3.8, 4) is 39.3 Å². The number of oxazole rings is 1. The van der Waals surface area contributed by atoms with Gasteiger partial charge in [0.1, 0.15) is 6.33 Å². The smallest absolute Gasteiger partial charge is 0.169 e. The number of hydrogen-bond donors (Lipinski definition) is 0. The van der Waals surface area contributed by atoms with Crippen LogP contribution in [0.3, 0.4) is 0 Å². The third kappa shape index (κ3) is 3.69. The average Bonchev–Trinajstić information content (AvgIpc) is 3.54. The Morgan fingerprint density at radius 2 is 1.39 bits per heavy atom. The van der Waals surface area contributed by atoms with E-state index >= 15 is 0 Å². The quantitative estimate of drug-likeness (QED) is 0.225. The van der Waals surface area contributed by atoms with Crippen LogP contribution >= 0.6 is 0 Å². The molecule has 0 aliphatic heterocycles. The molecule has 6 rings (SSSR count). The molecule has 2 aromatic heterocycles. The zero-order valence-corrected chi connectivity index (χ0v) is 19.7. The molecule has 6 heteroatoms. The molecule has 1 radical (unpaired) electrons. The first-order valence-corrected chi connectivity index (χ1v) is 10.3. The van der Waals surface area contributed by atoms with Crippen molar-refractivity contribution in [2.24, 2.45) is 0 Å². The van der Waals surface area contributed by atoms with E-state index in [4.69, 9.17) is 4.42 Å². The molecule has 0 fully saturated rings. The van der Waals surface area contributed by atoms with Crippen LogP contribution in [-0.2, 0) is 20.1 Å². The van der Waals surface area contributed by atoms with Crippen LogP contribution in [0.4, 0.5) is 0 Å². The molecule has 0 N–H and O–H groups in total. The minimum Gasteiger partial charge on any atom is -0.490 e. The standard InChI is InChI=1S/C27H17N4O.Ir/c1-3-9-19(10-4-1)21-13-7-14-22(20-11-5-2-6-12-20)25(21)31-27(28-17-30-31)23-15-8-16-24-26(23)32-18-29-24;/h1-14,16-18H;/q-1;. The molecule has 0 atom stereocenters. The second-order valence-corrected chi connectivity index (χ2v) is 7.35. The topological polar surface area (TPSA) is 56.7 Å². The maximum atomic E-state index is 5.67. The molecule has 0 saturated heterocycles. The first-order valence-electron chi connectivity index (χ1n) is 10.3. The van der Waals surface area contributed by atoms with Gasteiger partial charge in [-0.2, -0.15) is 5.10 Å². The number of nitrogens with zero attached hydrogens (tertiary/aromatic N) is 4. The SMILES string of the molecule is [Ir].[c-]1ccc2ncoc2c1-c1ncnn1-c1c(-c2ccccc2)cccc1-c1ccccc1. The third-order valence-corrected chi connectivity index (χ3v) is 5.48. The van der Waals surface area contributed by atoms with Crippen molar-refractivity contribution in [1.29, 1.82) is 0 Å². The predicted molar refractivity (Wildman–Crippen MR) is 124 cm³/mol. The van der Waals surface area contributed by atoms with E-state index < -0.39 is 0 Å². The molecular formula is C27H17IrN4O-. The molecule has 0 bridgehead atoms. The first-order chi connectivity index (χ1) is 15.9. The molecule has 5 nitrogen and oxygen atoms in total. The molecule has 0 unspecified atom stereocenters. The van der Waals surface area contributed by atoms with Crippen molar-refractivity contribution >= 4 is 11.1 Å². The summed E-state index contributed by atoms with van der Waals surface area (Å²) in [6, 6.07) is 33.9. The van der Waals surface area contributed by atoms with Gasteiger partial charge in [-0.25, -0.2) is 4.98 Å². The maximum absolute atomic E-state index is 5.67. The van der Waals surface area contributed by atoms with E-state index in [0.717, 1.165) is 39.0 Å². The summed E-state index contributed by atoms with van der Waals surface area (Å²) in [5.74, 6) is 0.646. The van der Waals surface area contributed by atoms with E-state index in [9.17, 15) is 0 Å². The summed E-state index contributed by atoms with van der Waals surface area (Å²) in [5.41, 5.74) is 7.38. The largest absolute Gasteiger partial charge is 0.490 e. The van der Waals surface area contributed by atoms with Crippen molar-refractivity contribution in [2.75, 3.05) is 0 Å². The Bertz CT molecular complexity index is 1470. The van der Waals surface area contributed by atoms with E-state index in [1.54, 1.807) is 6.33 Å². The summed E-state index contributed by atoms with van der Waals surface area (Å²) in [6.45, 7) is 0. The molecule has 4 aromatic carbocycles. The molecule has 161 valence electrons. The van der Waals surface area contributed by atoms with Crippen molar-refractivity contribution in [1.82, 2.24) is 19.7 Å². The normalized spacial score (nSPS) is 10.8. The molecule has 0 aliphatic carbocycles. The van der Waals surface area contributed by atoms with E-state index in [1.165, 1.54) is 6.39 Å². The van der Waals surface area contributed by atoms with E-state index in [0.29, 0.717) is 11.4 Å². The fourth-order valence-corrected chi connectivity index (χ4v) is 4.04. The zero-order valence-electron chi connectivity index (χ0n) is 17.3. The average molecular weight is 606 g/mol. The van der Waals surface area contributed by atoms with Gasteiger partial charge in [0.2, 0.25) is 0 Å². The number of hydrogen-bond acceptors (Lipinski definition) is 4.